The van der Waals surface area contributed by atoms with E-state index in [0.717, 1.165) is 18.8 Å². The van der Waals surface area contributed by atoms with Crippen molar-refractivity contribution in [2.24, 2.45) is 0 Å². The predicted molar refractivity (Wildman–Crippen MR) is 54.0 cm³/mol. The van der Waals surface area contributed by atoms with Gasteiger partial charge in [0.2, 0.25) is 0 Å². The number of ether oxygens (including phenoxy) is 1. The Balaban J connectivity index is 0.000000561. The van der Waals surface area contributed by atoms with Gasteiger partial charge in [0.1, 0.15) is 5.76 Å². The maximum Gasteiger partial charge on any atom is 0.117 e. The molecule has 0 amide bonds. The van der Waals surface area contributed by atoms with E-state index < -0.39 is 0 Å². The van der Waals surface area contributed by atoms with Gasteiger partial charge in [-0.15, -0.1) is 0 Å². The van der Waals surface area contributed by atoms with Gasteiger partial charge in [-0.3, -0.25) is 0 Å². The molecule has 0 bridgehead atoms. The molecule has 0 aliphatic heterocycles. The van der Waals surface area contributed by atoms with Gasteiger partial charge in [0.05, 0.1) is 6.61 Å². The van der Waals surface area contributed by atoms with Gasteiger partial charge in [-0.1, -0.05) is 19.9 Å². The van der Waals surface area contributed by atoms with E-state index in [1.165, 1.54) is 12.0 Å². The number of rotatable bonds is 2. The minimum Gasteiger partial charge on any atom is -0.494 e. The standard InChI is InChI=1S/C9H14O.C2H6/c1-3-10-9-7-5-4-6-8(9)2;1-2/h6-7H,3-5H2,1-2H3;1-2H3. The van der Waals surface area contributed by atoms with E-state index in [4.69, 9.17) is 4.74 Å². The van der Waals surface area contributed by atoms with Crippen LogP contribution in [0.5, 0.6) is 0 Å². The van der Waals surface area contributed by atoms with Crippen molar-refractivity contribution >= 4 is 0 Å². The zero-order valence-corrected chi connectivity index (χ0v) is 8.68. The predicted octanol–water partition coefficient (Wildman–Crippen LogP) is 3.67. The minimum atomic E-state index is 0.775. The van der Waals surface area contributed by atoms with Gasteiger partial charge in [-0.25, -0.2) is 0 Å². The highest BCUT2D eigenvalue weighted by Gasteiger charge is 2.02. The molecule has 1 aliphatic rings. The number of allylic oxidation sites excluding steroid dienone is 3. The Labute approximate surface area is 76.1 Å². The van der Waals surface area contributed by atoms with Gasteiger partial charge in [-0.05, 0) is 38.3 Å². The van der Waals surface area contributed by atoms with Crippen LogP contribution in [0.1, 0.15) is 40.5 Å². The Morgan fingerprint density at radius 2 is 1.83 bits per heavy atom. The molecule has 1 heteroatoms. The van der Waals surface area contributed by atoms with Gasteiger partial charge in [-0.2, -0.15) is 0 Å². The Hall–Kier alpha value is -0.720. The fraction of sp³-hybridized carbons (Fsp3) is 0.636. The van der Waals surface area contributed by atoms with Crippen molar-refractivity contribution in [2.45, 2.75) is 40.5 Å². The minimum absolute atomic E-state index is 0.775. The summed E-state index contributed by atoms with van der Waals surface area (Å²) in [5, 5.41) is 0. The average Bonchev–Trinajstić information content (AvgIpc) is 2.13. The zero-order valence-electron chi connectivity index (χ0n) is 8.68. The van der Waals surface area contributed by atoms with Crippen LogP contribution >= 0.6 is 0 Å². The van der Waals surface area contributed by atoms with E-state index in [2.05, 4.69) is 19.1 Å². The van der Waals surface area contributed by atoms with Crippen molar-refractivity contribution in [1.82, 2.24) is 0 Å². The normalized spacial score (nSPS) is 15.3. The second kappa shape index (κ2) is 6.96. The van der Waals surface area contributed by atoms with Crippen LogP contribution in [0.15, 0.2) is 23.5 Å². The summed E-state index contributed by atoms with van der Waals surface area (Å²) in [5.41, 5.74) is 1.29. The lowest BCUT2D eigenvalue weighted by molar-refractivity contribution is 0.235. The van der Waals surface area contributed by atoms with Crippen molar-refractivity contribution in [3.8, 4) is 0 Å². The number of hydrogen-bond donors (Lipinski definition) is 0. The molecule has 0 heterocycles. The second-order valence-electron chi connectivity index (χ2n) is 2.47. The molecular formula is C11H20O. The molecule has 0 aromatic rings. The Morgan fingerprint density at radius 1 is 1.25 bits per heavy atom. The molecule has 70 valence electrons. The molecular weight excluding hydrogens is 148 g/mol. The zero-order chi connectivity index (χ0) is 9.40. The summed E-state index contributed by atoms with van der Waals surface area (Å²) >= 11 is 0. The molecule has 0 unspecified atom stereocenters. The molecule has 1 rings (SSSR count). The summed E-state index contributed by atoms with van der Waals surface area (Å²) < 4.78 is 5.39. The first-order valence-electron chi connectivity index (χ1n) is 4.84. The molecule has 0 fully saturated rings. The highest BCUT2D eigenvalue weighted by molar-refractivity contribution is 5.26. The van der Waals surface area contributed by atoms with Gasteiger partial charge in [0, 0.05) is 0 Å². The third-order valence-corrected chi connectivity index (χ3v) is 1.64. The van der Waals surface area contributed by atoms with Crippen LogP contribution in [0, 0.1) is 0 Å². The average molecular weight is 168 g/mol. The summed E-state index contributed by atoms with van der Waals surface area (Å²) in [6.45, 7) is 8.89. The molecule has 0 radical (unpaired) electrons. The third kappa shape index (κ3) is 3.61. The van der Waals surface area contributed by atoms with E-state index >= 15 is 0 Å². The van der Waals surface area contributed by atoms with E-state index in [9.17, 15) is 0 Å². The maximum atomic E-state index is 5.39. The van der Waals surface area contributed by atoms with Crippen molar-refractivity contribution in [2.75, 3.05) is 6.61 Å². The van der Waals surface area contributed by atoms with Crippen LogP contribution in [0.25, 0.3) is 0 Å². The van der Waals surface area contributed by atoms with Crippen molar-refractivity contribution in [3.05, 3.63) is 23.5 Å². The van der Waals surface area contributed by atoms with Crippen LogP contribution in [-0.2, 0) is 4.74 Å². The van der Waals surface area contributed by atoms with Crippen molar-refractivity contribution < 1.29 is 4.74 Å². The van der Waals surface area contributed by atoms with Crippen molar-refractivity contribution in [3.63, 3.8) is 0 Å². The second-order valence-corrected chi connectivity index (χ2v) is 2.47. The Bertz CT molecular complexity index is 166. The van der Waals surface area contributed by atoms with Gasteiger partial charge < -0.3 is 4.74 Å². The molecule has 0 spiro atoms. The SMILES string of the molecule is CC.CCOC1=CCCC=C1C. The van der Waals surface area contributed by atoms with Gasteiger partial charge >= 0.3 is 0 Å². The molecule has 0 saturated carbocycles. The monoisotopic (exact) mass is 168 g/mol. The van der Waals surface area contributed by atoms with E-state index in [0.29, 0.717) is 0 Å². The third-order valence-electron chi connectivity index (χ3n) is 1.64. The van der Waals surface area contributed by atoms with Crippen LogP contribution < -0.4 is 0 Å². The van der Waals surface area contributed by atoms with Crippen LogP contribution in [0.4, 0.5) is 0 Å². The van der Waals surface area contributed by atoms with Crippen LogP contribution in [0.2, 0.25) is 0 Å². The first kappa shape index (κ1) is 11.3. The van der Waals surface area contributed by atoms with E-state index in [-0.39, 0.29) is 0 Å². The summed E-state index contributed by atoms with van der Waals surface area (Å²) in [5.74, 6) is 1.08. The molecule has 12 heavy (non-hydrogen) atoms. The summed E-state index contributed by atoms with van der Waals surface area (Å²) in [6.07, 6.45) is 6.69. The first-order chi connectivity index (χ1) is 5.84. The summed E-state index contributed by atoms with van der Waals surface area (Å²) in [6, 6.07) is 0. The molecule has 0 atom stereocenters. The largest absolute Gasteiger partial charge is 0.494 e. The fourth-order valence-corrected chi connectivity index (χ4v) is 1.10. The van der Waals surface area contributed by atoms with Gasteiger partial charge in [0.15, 0.2) is 0 Å². The molecule has 1 nitrogen and oxygen atoms in total. The lowest BCUT2D eigenvalue weighted by Crippen LogP contribution is -1.96. The van der Waals surface area contributed by atoms with Gasteiger partial charge in [0.25, 0.3) is 0 Å². The molecule has 0 aromatic carbocycles. The summed E-state index contributed by atoms with van der Waals surface area (Å²) in [4.78, 5) is 0. The molecule has 0 aromatic heterocycles. The molecule has 0 N–H and O–H groups in total. The maximum absolute atomic E-state index is 5.39. The highest BCUT2D eigenvalue weighted by Crippen LogP contribution is 2.18. The summed E-state index contributed by atoms with van der Waals surface area (Å²) in [7, 11) is 0. The molecule has 0 saturated heterocycles. The highest BCUT2D eigenvalue weighted by atomic mass is 16.5. The first-order valence-corrected chi connectivity index (χ1v) is 4.84. The lowest BCUT2D eigenvalue weighted by atomic mass is 10.1. The lowest BCUT2D eigenvalue weighted by Gasteiger charge is -2.12. The molecule has 1 aliphatic carbocycles. The smallest absolute Gasteiger partial charge is 0.117 e. The Morgan fingerprint density at radius 3 is 2.33 bits per heavy atom. The van der Waals surface area contributed by atoms with Crippen LogP contribution in [0.3, 0.4) is 0 Å². The Kier molecular flexibility index (Phi) is 6.54. The topological polar surface area (TPSA) is 9.23 Å². The fourth-order valence-electron chi connectivity index (χ4n) is 1.10. The van der Waals surface area contributed by atoms with Crippen molar-refractivity contribution in [1.29, 1.82) is 0 Å². The quantitative estimate of drug-likeness (QED) is 0.611. The van der Waals surface area contributed by atoms with E-state index in [1.807, 2.05) is 20.8 Å². The number of hydrogen-bond acceptors (Lipinski definition) is 1. The van der Waals surface area contributed by atoms with E-state index in [1.54, 1.807) is 0 Å². The van der Waals surface area contributed by atoms with Crippen LogP contribution in [-0.4, -0.2) is 6.61 Å².